The van der Waals surface area contributed by atoms with Crippen molar-refractivity contribution in [2.45, 2.75) is 20.4 Å². The van der Waals surface area contributed by atoms with Crippen molar-refractivity contribution in [2.75, 3.05) is 5.32 Å². The fourth-order valence-electron chi connectivity index (χ4n) is 2.54. The van der Waals surface area contributed by atoms with Gasteiger partial charge in [0, 0.05) is 5.56 Å². The number of fused-ring (bicyclic) bond motifs is 1. The third kappa shape index (κ3) is 2.50. The molecule has 0 bridgehead atoms. The van der Waals surface area contributed by atoms with Crippen LogP contribution in [-0.2, 0) is 6.54 Å². The van der Waals surface area contributed by atoms with Gasteiger partial charge in [-0.3, -0.25) is 0 Å². The number of hydrogen-bond acceptors (Lipinski definition) is 6. The Bertz CT molecular complexity index is 989. The molecule has 1 N–H and O–H groups in total. The van der Waals surface area contributed by atoms with Crippen LogP contribution < -0.4 is 5.32 Å². The summed E-state index contributed by atoms with van der Waals surface area (Å²) in [5.74, 6) is 0.614. The Kier molecular flexibility index (Phi) is 3.45. The van der Waals surface area contributed by atoms with Gasteiger partial charge < -0.3 is 9.73 Å². The Morgan fingerprint density at radius 1 is 1.17 bits per heavy atom. The molecule has 3 heterocycles. The van der Waals surface area contributed by atoms with Crippen molar-refractivity contribution < 1.29 is 4.42 Å². The Balaban J connectivity index is 1.59. The van der Waals surface area contributed by atoms with E-state index in [2.05, 4.69) is 25.6 Å². The quantitative estimate of drug-likeness (QED) is 0.622. The molecule has 0 saturated carbocycles. The van der Waals surface area contributed by atoms with Crippen LogP contribution in [0.4, 0.5) is 5.69 Å². The van der Waals surface area contributed by atoms with E-state index in [1.807, 2.05) is 44.2 Å². The summed E-state index contributed by atoms with van der Waals surface area (Å²) < 4.78 is 7.24. The lowest BCUT2D eigenvalue weighted by atomic mass is 10.2. The summed E-state index contributed by atoms with van der Waals surface area (Å²) in [6.07, 6.45) is 3.26. The number of nitrogens with zero attached hydrogens (tertiary/aromatic N) is 5. The van der Waals surface area contributed by atoms with E-state index in [4.69, 9.17) is 4.42 Å². The first kappa shape index (κ1) is 14.4. The van der Waals surface area contributed by atoms with E-state index >= 15 is 0 Å². The first-order valence-electron chi connectivity index (χ1n) is 7.63. The minimum Gasteiger partial charge on any atom is -0.444 e. The second kappa shape index (κ2) is 5.77. The maximum Gasteiger partial charge on any atom is 0.226 e. The van der Waals surface area contributed by atoms with Crippen molar-refractivity contribution in [1.82, 2.24) is 24.8 Å². The Morgan fingerprint density at radius 2 is 2.00 bits per heavy atom. The third-order valence-electron chi connectivity index (χ3n) is 3.95. The number of anilines is 1. The van der Waals surface area contributed by atoms with Crippen LogP contribution in [0, 0.1) is 13.8 Å². The molecule has 4 rings (SSSR count). The lowest BCUT2D eigenvalue weighted by molar-refractivity contribution is 0.573. The number of rotatable bonds is 4. The number of oxazole rings is 1. The molecular formula is C17H16N6O. The summed E-state index contributed by atoms with van der Waals surface area (Å²) in [6, 6.07) is 9.83. The number of nitrogens with one attached hydrogen (secondary N) is 1. The standard InChI is InChI=1S/C17H16N6O/c1-11-12(2)22-23-10-19-21-16(23)15(11)18-8-14-9-24-17(20-14)13-6-4-3-5-7-13/h3-7,9-10,18H,8H2,1-2H3. The molecule has 24 heavy (non-hydrogen) atoms. The van der Waals surface area contributed by atoms with E-state index in [1.54, 1.807) is 17.1 Å². The van der Waals surface area contributed by atoms with Gasteiger partial charge >= 0.3 is 0 Å². The molecule has 4 aromatic rings. The minimum absolute atomic E-state index is 0.531. The third-order valence-corrected chi connectivity index (χ3v) is 3.95. The molecule has 7 heteroatoms. The molecule has 0 atom stereocenters. The summed E-state index contributed by atoms with van der Waals surface area (Å²) in [4.78, 5) is 4.53. The molecule has 0 fully saturated rings. The number of hydrogen-bond donors (Lipinski definition) is 1. The average molecular weight is 320 g/mol. The molecule has 0 aliphatic rings. The molecule has 0 spiro atoms. The Morgan fingerprint density at radius 3 is 2.83 bits per heavy atom. The number of aryl methyl sites for hydroxylation is 1. The molecule has 7 nitrogen and oxygen atoms in total. The van der Waals surface area contributed by atoms with Crippen LogP contribution in [0.1, 0.15) is 17.0 Å². The van der Waals surface area contributed by atoms with Gasteiger partial charge in [-0.25, -0.2) is 4.98 Å². The largest absolute Gasteiger partial charge is 0.444 e. The smallest absolute Gasteiger partial charge is 0.226 e. The zero-order valence-corrected chi connectivity index (χ0v) is 13.4. The summed E-state index contributed by atoms with van der Waals surface area (Å²) in [6.45, 7) is 4.50. The van der Waals surface area contributed by atoms with E-state index in [0.29, 0.717) is 18.1 Å². The fourth-order valence-corrected chi connectivity index (χ4v) is 2.54. The van der Waals surface area contributed by atoms with Crippen molar-refractivity contribution in [1.29, 1.82) is 0 Å². The zero-order chi connectivity index (χ0) is 16.5. The second-order valence-electron chi connectivity index (χ2n) is 5.55. The number of aromatic nitrogens is 5. The maximum atomic E-state index is 5.57. The summed E-state index contributed by atoms with van der Waals surface area (Å²) >= 11 is 0. The van der Waals surface area contributed by atoms with Gasteiger partial charge in [0.1, 0.15) is 12.6 Å². The Labute approximate surface area is 138 Å². The van der Waals surface area contributed by atoms with Crippen molar-refractivity contribution in [3.05, 3.63) is 59.9 Å². The lowest BCUT2D eigenvalue weighted by Gasteiger charge is -2.10. The molecule has 1 aromatic carbocycles. The SMILES string of the molecule is Cc1nn2cnnc2c(NCc2coc(-c3ccccc3)n2)c1C. The highest BCUT2D eigenvalue weighted by Crippen LogP contribution is 2.23. The monoisotopic (exact) mass is 320 g/mol. The summed E-state index contributed by atoms with van der Waals surface area (Å²) in [5.41, 5.74) is 5.35. The van der Waals surface area contributed by atoms with Gasteiger partial charge in [-0.2, -0.15) is 9.61 Å². The normalized spacial score (nSPS) is 11.1. The van der Waals surface area contributed by atoms with E-state index in [1.165, 1.54) is 0 Å². The topological polar surface area (TPSA) is 81.1 Å². The molecule has 0 aliphatic heterocycles. The average Bonchev–Trinajstić information content (AvgIpc) is 3.25. The predicted molar refractivity (Wildman–Crippen MR) is 89.5 cm³/mol. The van der Waals surface area contributed by atoms with E-state index in [9.17, 15) is 0 Å². The first-order chi connectivity index (χ1) is 11.7. The Hall–Kier alpha value is -3.22. The molecule has 120 valence electrons. The minimum atomic E-state index is 0.531. The van der Waals surface area contributed by atoms with Crippen molar-refractivity contribution in [2.24, 2.45) is 0 Å². The molecule has 3 aromatic heterocycles. The molecule has 0 amide bonds. The molecule has 0 radical (unpaired) electrons. The van der Waals surface area contributed by atoms with Gasteiger partial charge in [0.15, 0.2) is 0 Å². The van der Waals surface area contributed by atoms with Gasteiger partial charge in [0.25, 0.3) is 0 Å². The second-order valence-corrected chi connectivity index (χ2v) is 5.55. The number of benzene rings is 1. The lowest BCUT2D eigenvalue weighted by Crippen LogP contribution is -2.07. The van der Waals surface area contributed by atoms with Gasteiger partial charge in [-0.1, -0.05) is 18.2 Å². The molecule has 0 unspecified atom stereocenters. The maximum absolute atomic E-state index is 5.57. The summed E-state index contributed by atoms with van der Waals surface area (Å²) in [7, 11) is 0. The van der Waals surface area contributed by atoms with Crippen molar-refractivity contribution in [3.63, 3.8) is 0 Å². The molecule has 0 aliphatic carbocycles. The highest BCUT2D eigenvalue weighted by molar-refractivity contribution is 5.71. The van der Waals surface area contributed by atoms with E-state index in [0.717, 1.165) is 28.2 Å². The predicted octanol–water partition coefficient (Wildman–Crippen LogP) is 3.01. The van der Waals surface area contributed by atoms with Crippen LogP contribution in [0.5, 0.6) is 0 Å². The first-order valence-corrected chi connectivity index (χ1v) is 7.63. The van der Waals surface area contributed by atoms with Crippen molar-refractivity contribution in [3.8, 4) is 11.5 Å². The van der Waals surface area contributed by atoms with Crippen LogP contribution >= 0.6 is 0 Å². The fraction of sp³-hybridized carbons (Fsp3) is 0.176. The highest BCUT2D eigenvalue weighted by Gasteiger charge is 2.12. The summed E-state index contributed by atoms with van der Waals surface area (Å²) in [5, 5.41) is 15.8. The highest BCUT2D eigenvalue weighted by atomic mass is 16.3. The van der Waals surface area contributed by atoms with Gasteiger partial charge in [0.2, 0.25) is 11.5 Å². The zero-order valence-electron chi connectivity index (χ0n) is 13.4. The van der Waals surface area contributed by atoms with Crippen LogP contribution in [0.25, 0.3) is 17.1 Å². The van der Waals surface area contributed by atoms with Crippen LogP contribution in [-0.4, -0.2) is 24.8 Å². The van der Waals surface area contributed by atoms with Crippen LogP contribution in [0.3, 0.4) is 0 Å². The van der Waals surface area contributed by atoms with Crippen molar-refractivity contribution >= 4 is 11.3 Å². The van der Waals surface area contributed by atoms with E-state index in [-0.39, 0.29) is 0 Å². The molecule has 0 saturated heterocycles. The van der Waals surface area contributed by atoms with Crippen LogP contribution in [0.15, 0.2) is 47.3 Å². The van der Waals surface area contributed by atoms with Crippen LogP contribution in [0.2, 0.25) is 0 Å². The van der Waals surface area contributed by atoms with E-state index < -0.39 is 0 Å². The molecular weight excluding hydrogens is 304 g/mol. The van der Waals surface area contributed by atoms with Gasteiger partial charge in [-0.15, -0.1) is 10.2 Å². The van der Waals surface area contributed by atoms with Gasteiger partial charge in [-0.05, 0) is 31.5 Å². The van der Waals surface area contributed by atoms with Gasteiger partial charge in [0.05, 0.1) is 23.6 Å².